The minimum absolute atomic E-state index is 0.00727. The van der Waals surface area contributed by atoms with Gasteiger partial charge in [-0.25, -0.2) is 18.3 Å². The van der Waals surface area contributed by atoms with Crippen molar-refractivity contribution in [2.45, 2.75) is 26.3 Å². The second-order valence-electron chi connectivity index (χ2n) is 7.87. The third-order valence-electron chi connectivity index (χ3n) is 5.88. The predicted octanol–water partition coefficient (Wildman–Crippen LogP) is 2.51. The number of hydrogen-bond donors (Lipinski definition) is 3. The maximum Gasteiger partial charge on any atom is 0.269 e. The standard InChI is InChI=1S/C22H25F2N7O3/c1-5-12(10-32)11(2)27-22-28-21(34-4)18-17(15(24)9-31(18)29-22)13-6-14(23)19-26-7-16(20(33)25-3)30(19)8-13/h6-9,11-12,32H,5,10H2,1-4H3,(H,25,33)(H,27,29)/t11-,12?/m1/s1. The van der Waals surface area contributed by atoms with Crippen molar-refractivity contribution in [3.8, 4) is 17.0 Å². The SMILES string of the molecule is CCC(CO)[C@@H](C)Nc1nc(OC)c2c(-c3cc(F)c4ncc(C(=O)NC)n4c3)c(F)cn2n1. The van der Waals surface area contributed by atoms with Crippen molar-refractivity contribution in [1.82, 2.24) is 29.3 Å². The minimum Gasteiger partial charge on any atom is -0.479 e. The highest BCUT2D eigenvalue weighted by atomic mass is 19.1. The summed E-state index contributed by atoms with van der Waals surface area (Å²) >= 11 is 0. The molecule has 0 saturated carbocycles. The molecule has 3 N–H and O–H groups in total. The summed E-state index contributed by atoms with van der Waals surface area (Å²) in [6, 6.07) is 0.979. The molecule has 0 aliphatic rings. The number of carbonyl (C=O) groups excluding carboxylic acids is 1. The number of aromatic nitrogens is 5. The summed E-state index contributed by atoms with van der Waals surface area (Å²) in [7, 11) is 2.83. The first-order valence-corrected chi connectivity index (χ1v) is 10.7. The van der Waals surface area contributed by atoms with Gasteiger partial charge in [0.2, 0.25) is 11.8 Å². The first kappa shape index (κ1) is 23.4. The number of pyridine rings is 1. The number of imidazole rings is 1. The number of nitrogens with one attached hydrogen (secondary N) is 2. The van der Waals surface area contributed by atoms with E-state index in [9.17, 15) is 14.3 Å². The zero-order valence-corrected chi connectivity index (χ0v) is 19.1. The Morgan fingerprint density at radius 3 is 2.71 bits per heavy atom. The van der Waals surface area contributed by atoms with Crippen LogP contribution in [0, 0.1) is 17.6 Å². The van der Waals surface area contributed by atoms with E-state index in [1.54, 1.807) is 0 Å². The lowest BCUT2D eigenvalue weighted by Crippen LogP contribution is -2.29. The molecule has 10 nitrogen and oxygen atoms in total. The Balaban J connectivity index is 1.86. The molecule has 12 heteroatoms. The van der Waals surface area contributed by atoms with Gasteiger partial charge in [0.1, 0.15) is 11.2 Å². The number of methoxy groups -OCH3 is 1. The van der Waals surface area contributed by atoms with Crippen LogP contribution < -0.4 is 15.4 Å². The monoisotopic (exact) mass is 473 g/mol. The van der Waals surface area contributed by atoms with Crippen molar-refractivity contribution in [3.05, 3.63) is 42.0 Å². The summed E-state index contributed by atoms with van der Waals surface area (Å²) in [4.78, 5) is 20.5. The average Bonchev–Trinajstić information content (AvgIpc) is 3.39. The molecule has 0 aliphatic heterocycles. The molecule has 1 unspecified atom stereocenters. The van der Waals surface area contributed by atoms with E-state index in [1.165, 1.54) is 35.5 Å². The molecular formula is C22H25F2N7O3. The second-order valence-corrected chi connectivity index (χ2v) is 7.87. The Bertz CT molecular complexity index is 1360. The maximum absolute atomic E-state index is 15.2. The van der Waals surface area contributed by atoms with Crippen LogP contribution in [0.15, 0.2) is 24.7 Å². The van der Waals surface area contributed by atoms with Crippen molar-refractivity contribution >= 4 is 23.0 Å². The number of fused-ring (bicyclic) bond motifs is 2. The fourth-order valence-corrected chi connectivity index (χ4v) is 3.94. The minimum atomic E-state index is -0.729. The number of aliphatic hydroxyl groups is 1. The molecule has 34 heavy (non-hydrogen) atoms. The Labute approximate surface area is 193 Å². The summed E-state index contributed by atoms with van der Waals surface area (Å²) in [6.07, 6.45) is 4.56. The molecule has 0 aliphatic carbocycles. The van der Waals surface area contributed by atoms with E-state index in [0.29, 0.717) is 0 Å². The molecule has 0 bridgehead atoms. The third-order valence-corrected chi connectivity index (χ3v) is 5.88. The molecule has 0 fully saturated rings. The summed E-state index contributed by atoms with van der Waals surface area (Å²) in [6.45, 7) is 3.84. The van der Waals surface area contributed by atoms with Gasteiger partial charge in [0.15, 0.2) is 17.3 Å². The molecule has 180 valence electrons. The molecule has 4 rings (SSSR count). The van der Waals surface area contributed by atoms with Crippen molar-refractivity contribution in [1.29, 1.82) is 0 Å². The van der Waals surface area contributed by atoms with Crippen molar-refractivity contribution in [3.63, 3.8) is 0 Å². The number of ether oxygens (including phenoxy) is 1. The largest absolute Gasteiger partial charge is 0.479 e. The molecular weight excluding hydrogens is 448 g/mol. The van der Waals surface area contributed by atoms with Gasteiger partial charge in [-0.2, -0.15) is 4.98 Å². The van der Waals surface area contributed by atoms with E-state index in [4.69, 9.17) is 4.74 Å². The van der Waals surface area contributed by atoms with Crippen LogP contribution >= 0.6 is 0 Å². The number of anilines is 1. The quantitative estimate of drug-likeness (QED) is 0.360. The van der Waals surface area contributed by atoms with Gasteiger partial charge >= 0.3 is 0 Å². The lowest BCUT2D eigenvalue weighted by molar-refractivity contribution is 0.0957. The number of aliphatic hydroxyl groups excluding tert-OH is 1. The summed E-state index contributed by atoms with van der Waals surface area (Å²) in [5, 5.41) is 19.5. The molecule has 4 aromatic heterocycles. The van der Waals surface area contributed by atoms with Crippen LogP contribution in [-0.2, 0) is 0 Å². The Kier molecular flexibility index (Phi) is 6.33. The van der Waals surface area contributed by atoms with Gasteiger partial charge in [-0.05, 0) is 19.4 Å². The highest BCUT2D eigenvalue weighted by Gasteiger charge is 2.24. The van der Waals surface area contributed by atoms with Crippen LogP contribution in [0.3, 0.4) is 0 Å². The summed E-state index contributed by atoms with van der Waals surface area (Å²) < 4.78 is 38.0. The topological polar surface area (TPSA) is 118 Å². The second kappa shape index (κ2) is 9.21. The lowest BCUT2D eigenvalue weighted by Gasteiger charge is -2.21. The molecule has 0 saturated heterocycles. The van der Waals surface area contributed by atoms with Gasteiger partial charge in [0, 0.05) is 37.4 Å². The normalized spacial score (nSPS) is 13.3. The van der Waals surface area contributed by atoms with Crippen LogP contribution in [-0.4, -0.2) is 61.8 Å². The maximum atomic E-state index is 15.2. The van der Waals surface area contributed by atoms with Crippen LogP contribution in [0.5, 0.6) is 5.88 Å². The molecule has 0 aromatic carbocycles. The number of carbonyl (C=O) groups is 1. The number of rotatable bonds is 8. The molecule has 4 aromatic rings. The van der Waals surface area contributed by atoms with Gasteiger partial charge in [-0.1, -0.05) is 6.92 Å². The predicted molar refractivity (Wildman–Crippen MR) is 121 cm³/mol. The Morgan fingerprint density at radius 2 is 2.06 bits per heavy atom. The van der Waals surface area contributed by atoms with Crippen molar-refractivity contribution < 1.29 is 23.4 Å². The van der Waals surface area contributed by atoms with Gasteiger partial charge in [-0.15, -0.1) is 5.10 Å². The Hall–Kier alpha value is -3.80. The summed E-state index contributed by atoms with van der Waals surface area (Å²) in [5.74, 6) is -1.65. The van der Waals surface area contributed by atoms with E-state index in [0.717, 1.165) is 18.7 Å². The zero-order valence-electron chi connectivity index (χ0n) is 19.1. The highest BCUT2D eigenvalue weighted by molar-refractivity contribution is 5.93. The van der Waals surface area contributed by atoms with Gasteiger partial charge in [0.05, 0.1) is 25.1 Å². The third kappa shape index (κ3) is 3.89. The number of halogens is 2. The molecule has 4 heterocycles. The number of nitrogens with zero attached hydrogens (tertiary/aromatic N) is 5. The molecule has 0 spiro atoms. The fourth-order valence-electron chi connectivity index (χ4n) is 3.94. The zero-order chi connectivity index (χ0) is 24.6. The summed E-state index contributed by atoms with van der Waals surface area (Å²) in [5.41, 5.74) is 0.378. The van der Waals surface area contributed by atoms with Gasteiger partial charge in [0.25, 0.3) is 5.91 Å². The van der Waals surface area contributed by atoms with Gasteiger partial charge in [-0.3, -0.25) is 9.20 Å². The van der Waals surface area contributed by atoms with Crippen molar-refractivity contribution in [2.24, 2.45) is 5.92 Å². The van der Waals surface area contributed by atoms with E-state index in [2.05, 4.69) is 25.7 Å². The van der Waals surface area contributed by atoms with E-state index in [1.807, 2.05) is 13.8 Å². The number of hydrogen-bond acceptors (Lipinski definition) is 7. The lowest BCUT2D eigenvalue weighted by atomic mass is 10.00. The van der Waals surface area contributed by atoms with Crippen LogP contribution in [0.4, 0.5) is 14.7 Å². The van der Waals surface area contributed by atoms with Gasteiger partial charge < -0.3 is 20.5 Å². The number of amides is 1. The van der Waals surface area contributed by atoms with Crippen LogP contribution in [0.2, 0.25) is 0 Å². The van der Waals surface area contributed by atoms with E-state index in [-0.39, 0.29) is 58.4 Å². The van der Waals surface area contributed by atoms with Crippen LogP contribution in [0.25, 0.3) is 22.3 Å². The highest BCUT2D eigenvalue weighted by Crippen LogP contribution is 2.35. The molecule has 2 atom stereocenters. The average molecular weight is 473 g/mol. The van der Waals surface area contributed by atoms with E-state index >= 15 is 4.39 Å². The van der Waals surface area contributed by atoms with Crippen LogP contribution in [0.1, 0.15) is 30.8 Å². The van der Waals surface area contributed by atoms with Crippen molar-refractivity contribution in [2.75, 3.05) is 26.1 Å². The molecule has 0 radical (unpaired) electrons. The first-order chi connectivity index (χ1) is 16.3. The smallest absolute Gasteiger partial charge is 0.269 e. The molecule has 1 amide bonds. The fraction of sp³-hybridized carbons (Fsp3) is 0.364. The Morgan fingerprint density at radius 1 is 1.29 bits per heavy atom. The van der Waals surface area contributed by atoms with E-state index < -0.39 is 17.5 Å². The first-order valence-electron chi connectivity index (χ1n) is 10.7.